The zero-order valence-corrected chi connectivity index (χ0v) is 29.9. The lowest BCUT2D eigenvalue weighted by Crippen LogP contribution is -2.61. The van der Waals surface area contributed by atoms with Crippen LogP contribution in [0.5, 0.6) is 11.6 Å². The number of fused-ring (bicyclic) bond motifs is 1. The Labute approximate surface area is 297 Å². The van der Waals surface area contributed by atoms with Gasteiger partial charge in [-0.1, -0.05) is 18.9 Å². The number of carbonyl (C=O) groups excluding carboxylic acids is 4. The summed E-state index contributed by atoms with van der Waals surface area (Å²) in [7, 11) is -0.907. The van der Waals surface area contributed by atoms with Gasteiger partial charge in [-0.2, -0.15) is 0 Å². The number of likely N-dealkylation sites (tertiary alicyclic amines) is 1. The first kappa shape index (κ1) is 36.4. The van der Waals surface area contributed by atoms with Crippen LogP contribution in [0.25, 0.3) is 10.8 Å². The SMILES string of the molecule is C=C[C@@H]1C[C@]1(NC(=O)[C@@H]1C[C@@H](Oc2nccc3cc(OC)ccc23)CN1C(=O)[C@@H](NC(=O)NC1CCCC1)[C@H](C)OC)C(=O)NS(=O)(=O)C1CC1. The van der Waals surface area contributed by atoms with Crippen molar-refractivity contribution in [2.75, 3.05) is 20.8 Å². The molecule has 3 saturated carbocycles. The Hall–Kier alpha value is -4.44. The Morgan fingerprint density at radius 3 is 2.49 bits per heavy atom. The molecule has 1 saturated heterocycles. The second-order valence-electron chi connectivity index (χ2n) is 13.9. The molecule has 0 bridgehead atoms. The summed E-state index contributed by atoms with van der Waals surface area (Å²) >= 11 is 0. The lowest BCUT2D eigenvalue weighted by Gasteiger charge is -2.32. The van der Waals surface area contributed by atoms with Crippen molar-refractivity contribution in [3.63, 3.8) is 0 Å². The number of urea groups is 1. The molecule has 0 radical (unpaired) electrons. The summed E-state index contributed by atoms with van der Waals surface area (Å²) in [5.74, 6) is -1.68. The van der Waals surface area contributed by atoms with E-state index >= 15 is 0 Å². The highest BCUT2D eigenvalue weighted by atomic mass is 32.2. The normalized spacial score (nSPS) is 25.8. The van der Waals surface area contributed by atoms with Gasteiger partial charge in [-0.05, 0) is 68.7 Å². The number of hydrogen-bond acceptors (Lipinski definition) is 10. The summed E-state index contributed by atoms with van der Waals surface area (Å²) in [5, 5.41) is 9.33. The molecule has 2 aromatic rings. The molecule has 3 aliphatic carbocycles. The molecular formula is C35H46N6O9S. The van der Waals surface area contributed by atoms with Gasteiger partial charge in [-0.3, -0.25) is 19.1 Å². The highest BCUT2D eigenvalue weighted by molar-refractivity contribution is 7.91. The van der Waals surface area contributed by atoms with Crippen molar-refractivity contribution in [3.05, 3.63) is 43.1 Å². The van der Waals surface area contributed by atoms with Crippen molar-refractivity contribution in [2.24, 2.45) is 5.92 Å². The first-order chi connectivity index (χ1) is 24.4. The molecule has 1 aromatic carbocycles. The van der Waals surface area contributed by atoms with E-state index in [-0.39, 0.29) is 25.4 Å². The number of ether oxygens (including phenoxy) is 3. The number of sulfonamides is 1. The predicted molar refractivity (Wildman–Crippen MR) is 186 cm³/mol. The third-order valence-corrected chi connectivity index (χ3v) is 12.2. The van der Waals surface area contributed by atoms with Gasteiger partial charge in [0.2, 0.25) is 27.7 Å². The van der Waals surface area contributed by atoms with Gasteiger partial charge in [0.05, 0.1) is 25.0 Å². The Kier molecular flexibility index (Phi) is 10.4. The lowest BCUT2D eigenvalue weighted by atomic mass is 10.1. The maximum atomic E-state index is 14.4. The number of carbonyl (C=O) groups is 4. The van der Waals surface area contributed by atoms with E-state index in [1.165, 1.54) is 18.1 Å². The van der Waals surface area contributed by atoms with Crippen molar-refractivity contribution >= 4 is 44.5 Å². The van der Waals surface area contributed by atoms with Crippen LogP contribution in [0.3, 0.4) is 0 Å². The number of nitrogens with one attached hydrogen (secondary N) is 4. The number of amides is 5. The molecule has 1 aliphatic heterocycles. The van der Waals surface area contributed by atoms with Gasteiger partial charge >= 0.3 is 6.03 Å². The summed E-state index contributed by atoms with van der Waals surface area (Å²) in [6.45, 7) is 5.35. The van der Waals surface area contributed by atoms with Crippen molar-refractivity contribution in [3.8, 4) is 11.6 Å². The highest BCUT2D eigenvalue weighted by Gasteiger charge is 2.62. The van der Waals surface area contributed by atoms with Crippen molar-refractivity contribution in [1.29, 1.82) is 0 Å². The standard InChI is InChI=1S/C35H46N6O9S/c1-5-22-18-35(22,33(44)40-51(46,47)26-11-12-26)39-30(42)28-17-25(50-31-27-13-10-24(49-4)16-21(27)14-15-36-31)19-41(28)32(43)29(20(2)48-3)38-34(45)37-23-8-6-7-9-23/h5,10,13-16,20,22-23,25-26,28-29H,1,6-9,11-12,17-19H2,2-4H3,(H,39,42)(H,40,44)(H2,37,38,45)/t20-,22+,25+,28-,29-,35+/m0/s1. The van der Waals surface area contributed by atoms with E-state index in [9.17, 15) is 27.6 Å². The van der Waals surface area contributed by atoms with Gasteiger partial charge in [0.15, 0.2) is 0 Å². The van der Waals surface area contributed by atoms with Crippen molar-refractivity contribution in [2.45, 2.75) is 99.4 Å². The first-order valence-corrected chi connectivity index (χ1v) is 18.9. The first-order valence-electron chi connectivity index (χ1n) is 17.4. The summed E-state index contributed by atoms with van der Waals surface area (Å²) < 4.78 is 44.7. The second kappa shape index (κ2) is 14.7. The minimum Gasteiger partial charge on any atom is -0.497 e. The average molecular weight is 727 g/mol. The second-order valence-corrected chi connectivity index (χ2v) is 15.8. The Balaban J connectivity index is 1.26. The zero-order chi connectivity index (χ0) is 36.5. The van der Waals surface area contributed by atoms with Gasteiger partial charge in [-0.25, -0.2) is 18.2 Å². The molecule has 6 atom stereocenters. The van der Waals surface area contributed by atoms with E-state index in [4.69, 9.17) is 14.2 Å². The number of nitrogens with zero attached hydrogens (tertiary/aromatic N) is 2. The fourth-order valence-corrected chi connectivity index (χ4v) is 8.40. The maximum absolute atomic E-state index is 14.4. The molecule has 0 unspecified atom stereocenters. The molecule has 276 valence electrons. The van der Waals surface area contributed by atoms with Gasteiger partial charge in [0.1, 0.15) is 29.5 Å². The monoisotopic (exact) mass is 726 g/mol. The van der Waals surface area contributed by atoms with Gasteiger partial charge in [0, 0.05) is 37.1 Å². The summed E-state index contributed by atoms with van der Waals surface area (Å²) in [4.78, 5) is 60.8. The molecule has 51 heavy (non-hydrogen) atoms. The minimum atomic E-state index is -3.89. The van der Waals surface area contributed by atoms with Crippen LogP contribution in [-0.4, -0.2) is 104 Å². The van der Waals surface area contributed by atoms with Crippen LogP contribution >= 0.6 is 0 Å². The predicted octanol–water partition coefficient (Wildman–Crippen LogP) is 1.91. The van der Waals surface area contributed by atoms with E-state index in [0.717, 1.165) is 31.1 Å². The van der Waals surface area contributed by atoms with E-state index in [1.54, 1.807) is 26.3 Å². The molecule has 4 N–H and O–H groups in total. The highest BCUT2D eigenvalue weighted by Crippen LogP contribution is 2.45. The fraction of sp³-hybridized carbons (Fsp3) is 0.571. The number of methoxy groups -OCH3 is 2. The quantitative estimate of drug-likeness (QED) is 0.209. The van der Waals surface area contributed by atoms with E-state index < -0.39 is 74.8 Å². The zero-order valence-electron chi connectivity index (χ0n) is 29.1. The Morgan fingerprint density at radius 2 is 1.84 bits per heavy atom. The molecule has 2 heterocycles. The molecule has 0 spiro atoms. The van der Waals surface area contributed by atoms with E-state index in [0.29, 0.717) is 29.9 Å². The molecule has 1 aromatic heterocycles. The van der Waals surface area contributed by atoms with Gasteiger partial charge < -0.3 is 35.1 Å². The minimum absolute atomic E-state index is 0.00253. The number of aromatic nitrogens is 1. The molecule has 6 rings (SSSR count). The Morgan fingerprint density at radius 1 is 1.10 bits per heavy atom. The fourth-order valence-electron chi connectivity index (χ4n) is 7.03. The molecule has 16 heteroatoms. The van der Waals surface area contributed by atoms with Crippen LogP contribution < -0.4 is 30.1 Å². The summed E-state index contributed by atoms with van der Waals surface area (Å²) in [6, 6.07) is 4.38. The Bertz CT molecular complexity index is 1800. The summed E-state index contributed by atoms with van der Waals surface area (Å²) in [5.41, 5.74) is -1.55. The van der Waals surface area contributed by atoms with Gasteiger partial charge in [0.25, 0.3) is 5.91 Å². The topological polar surface area (TPSA) is 194 Å². The smallest absolute Gasteiger partial charge is 0.315 e. The van der Waals surface area contributed by atoms with Crippen LogP contribution in [0.15, 0.2) is 43.1 Å². The summed E-state index contributed by atoms with van der Waals surface area (Å²) in [6.07, 6.45) is 6.37. The third kappa shape index (κ3) is 7.76. The van der Waals surface area contributed by atoms with Crippen LogP contribution in [0.1, 0.15) is 58.3 Å². The average Bonchev–Trinajstić information content (AvgIpc) is 4.00. The van der Waals surface area contributed by atoms with Crippen molar-refractivity contribution < 1.29 is 41.8 Å². The number of pyridine rings is 1. The van der Waals surface area contributed by atoms with Crippen LogP contribution in [0.2, 0.25) is 0 Å². The molecule has 4 aliphatic rings. The number of benzene rings is 1. The molecule has 15 nitrogen and oxygen atoms in total. The van der Waals surface area contributed by atoms with E-state index in [2.05, 4.69) is 32.2 Å². The molecular weight excluding hydrogens is 680 g/mol. The molecule has 5 amide bonds. The van der Waals surface area contributed by atoms with Crippen LogP contribution in [-0.2, 0) is 29.1 Å². The molecule has 4 fully saturated rings. The van der Waals surface area contributed by atoms with Gasteiger partial charge in [-0.15, -0.1) is 6.58 Å². The van der Waals surface area contributed by atoms with Crippen molar-refractivity contribution in [1.82, 2.24) is 30.6 Å². The number of rotatable bonds is 14. The van der Waals surface area contributed by atoms with Crippen LogP contribution in [0, 0.1) is 5.92 Å². The van der Waals surface area contributed by atoms with E-state index in [1.807, 2.05) is 18.2 Å². The maximum Gasteiger partial charge on any atom is 0.315 e. The lowest BCUT2D eigenvalue weighted by molar-refractivity contribution is -0.143. The third-order valence-electron chi connectivity index (χ3n) is 10.4. The number of hydrogen-bond donors (Lipinski definition) is 4. The van der Waals surface area contributed by atoms with Crippen LogP contribution in [0.4, 0.5) is 4.79 Å². The largest absolute Gasteiger partial charge is 0.497 e.